The number of halogens is 1. The molecule has 2 N–H and O–H groups in total. The minimum atomic E-state index is 0.355. The van der Waals surface area contributed by atoms with Crippen LogP contribution in [-0.4, -0.2) is 50.1 Å². The van der Waals surface area contributed by atoms with Crippen molar-refractivity contribution in [3.8, 4) is 0 Å². The molecular weight excluding hydrogens is 310 g/mol. The lowest BCUT2D eigenvalue weighted by Gasteiger charge is -2.29. The van der Waals surface area contributed by atoms with E-state index in [-0.39, 0.29) is 0 Å². The first-order valence-electron chi connectivity index (χ1n) is 6.41. The Kier molecular flexibility index (Phi) is 7.41. The summed E-state index contributed by atoms with van der Waals surface area (Å²) in [4.78, 5) is 6.06. The summed E-state index contributed by atoms with van der Waals surface area (Å²) in [7, 11) is 4.24. The molecule has 0 bridgehead atoms. The maximum Gasteiger partial charge on any atom is 0.0564 e. The van der Waals surface area contributed by atoms with Gasteiger partial charge in [-0.1, -0.05) is 6.92 Å². The highest BCUT2D eigenvalue weighted by Crippen LogP contribution is 2.28. The second-order valence-corrected chi connectivity index (χ2v) is 6.56. The van der Waals surface area contributed by atoms with Gasteiger partial charge in [0.15, 0.2) is 0 Å². The van der Waals surface area contributed by atoms with Crippen LogP contribution in [0.4, 0.5) is 0 Å². The van der Waals surface area contributed by atoms with Crippen LogP contribution in [-0.2, 0) is 0 Å². The number of hydrogen-bond acceptors (Lipinski definition) is 4. The van der Waals surface area contributed by atoms with Crippen molar-refractivity contribution in [2.24, 2.45) is 5.73 Å². The van der Waals surface area contributed by atoms with E-state index in [0.29, 0.717) is 12.6 Å². The van der Waals surface area contributed by atoms with Crippen LogP contribution >= 0.6 is 27.3 Å². The van der Waals surface area contributed by atoms with Gasteiger partial charge in [0.25, 0.3) is 0 Å². The van der Waals surface area contributed by atoms with Crippen molar-refractivity contribution in [3.05, 3.63) is 20.8 Å². The lowest BCUT2D eigenvalue weighted by Crippen LogP contribution is -2.35. The van der Waals surface area contributed by atoms with Gasteiger partial charge in [-0.15, -0.1) is 11.3 Å². The molecule has 1 aromatic rings. The minimum absolute atomic E-state index is 0.355. The van der Waals surface area contributed by atoms with Gasteiger partial charge < -0.3 is 10.6 Å². The lowest BCUT2D eigenvalue weighted by atomic mass is 10.2. The largest absolute Gasteiger partial charge is 0.329 e. The zero-order chi connectivity index (χ0) is 13.5. The highest BCUT2D eigenvalue weighted by Gasteiger charge is 2.18. The number of nitrogens with zero attached hydrogens (tertiary/aromatic N) is 2. The van der Waals surface area contributed by atoms with Gasteiger partial charge >= 0.3 is 0 Å². The molecule has 0 radical (unpaired) electrons. The summed E-state index contributed by atoms with van der Waals surface area (Å²) in [6, 6.07) is 2.55. The normalized spacial score (nSPS) is 13.5. The molecule has 18 heavy (non-hydrogen) atoms. The molecule has 1 heterocycles. The highest BCUT2D eigenvalue weighted by molar-refractivity contribution is 9.10. The molecule has 0 aliphatic carbocycles. The van der Waals surface area contributed by atoms with Crippen LogP contribution in [0, 0.1) is 0 Å². The Morgan fingerprint density at radius 3 is 2.56 bits per heavy atom. The van der Waals surface area contributed by atoms with Crippen molar-refractivity contribution < 1.29 is 0 Å². The maximum atomic E-state index is 5.96. The first kappa shape index (κ1) is 16.1. The smallest absolute Gasteiger partial charge is 0.0564 e. The third kappa shape index (κ3) is 4.97. The number of nitrogens with two attached hydrogens (primary N) is 1. The molecule has 1 aromatic heterocycles. The van der Waals surface area contributed by atoms with Gasteiger partial charge in [-0.3, -0.25) is 4.90 Å². The second-order valence-electron chi connectivity index (χ2n) is 4.70. The van der Waals surface area contributed by atoms with Gasteiger partial charge in [-0.05, 0) is 55.6 Å². The SMILES string of the molecule is CCN(CCCN(C)C)C(CN)c1cc(Br)cs1. The van der Waals surface area contributed by atoms with Crippen molar-refractivity contribution in [1.29, 1.82) is 0 Å². The fourth-order valence-electron chi connectivity index (χ4n) is 2.07. The summed E-state index contributed by atoms with van der Waals surface area (Å²) in [5, 5.41) is 2.13. The predicted molar refractivity (Wildman–Crippen MR) is 84.2 cm³/mol. The summed E-state index contributed by atoms with van der Waals surface area (Å²) in [6.45, 7) is 6.17. The Bertz CT molecular complexity index is 341. The standard InChI is InChI=1S/C13H24BrN3S/c1-4-17(7-5-6-16(2)3)12(9-15)13-8-11(14)10-18-13/h8,10,12H,4-7,9,15H2,1-3H3. The molecule has 0 fully saturated rings. The Morgan fingerprint density at radius 1 is 1.39 bits per heavy atom. The van der Waals surface area contributed by atoms with E-state index in [2.05, 4.69) is 58.2 Å². The lowest BCUT2D eigenvalue weighted by molar-refractivity contribution is 0.204. The molecule has 0 amide bonds. The van der Waals surface area contributed by atoms with Crippen molar-refractivity contribution in [2.45, 2.75) is 19.4 Å². The molecule has 1 rings (SSSR count). The number of thiophene rings is 1. The van der Waals surface area contributed by atoms with Crippen molar-refractivity contribution in [3.63, 3.8) is 0 Å². The van der Waals surface area contributed by atoms with E-state index in [1.807, 2.05) is 0 Å². The maximum absolute atomic E-state index is 5.96. The van der Waals surface area contributed by atoms with Gasteiger partial charge in [0.1, 0.15) is 0 Å². The van der Waals surface area contributed by atoms with Gasteiger partial charge in [-0.2, -0.15) is 0 Å². The molecule has 5 heteroatoms. The summed E-state index contributed by atoms with van der Waals surface area (Å²) >= 11 is 5.30. The summed E-state index contributed by atoms with van der Waals surface area (Å²) in [6.07, 6.45) is 1.18. The van der Waals surface area contributed by atoms with Gasteiger partial charge in [0.2, 0.25) is 0 Å². The van der Waals surface area contributed by atoms with E-state index >= 15 is 0 Å². The molecule has 1 atom stereocenters. The number of rotatable bonds is 8. The van der Waals surface area contributed by atoms with Crippen LogP contribution in [0.3, 0.4) is 0 Å². The molecule has 104 valence electrons. The van der Waals surface area contributed by atoms with Gasteiger partial charge in [0.05, 0.1) is 6.04 Å². The van der Waals surface area contributed by atoms with E-state index < -0.39 is 0 Å². The van der Waals surface area contributed by atoms with E-state index in [9.17, 15) is 0 Å². The van der Waals surface area contributed by atoms with Gasteiger partial charge in [-0.25, -0.2) is 0 Å². The van der Waals surface area contributed by atoms with E-state index in [0.717, 1.165) is 24.1 Å². The molecule has 3 nitrogen and oxygen atoms in total. The van der Waals surface area contributed by atoms with E-state index in [4.69, 9.17) is 5.73 Å². The van der Waals surface area contributed by atoms with Crippen molar-refractivity contribution in [2.75, 3.05) is 40.3 Å². The van der Waals surface area contributed by atoms with Crippen LogP contribution in [0.15, 0.2) is 15.9 Å². The number of hydrogen-bond donors (Lipinski definition) is 1. The first-order chi connectivity index (χ1) is 8.58. The van der Waals surface area contributed by atoms with Crippen LogP contribution in [0.25, 0.3) is 0 Å². The van der Waals surface area contributed by atoms with Gasteiger partial charge in [0, 0.05) is 27.8 Å². The second kappa shape index (κ2) is 8.27. The third-order valence-electron chi connectivity index (χ3n) is 3.04. The first-order valence-corrected chi connectivity index (χ1v) is 8.08. The zero-order valence-corrected chi connectivity index (χ0v) is 13.9. The predicted octanol–water partition coefficient (Wildman–Crippen LogP) is 2.78. The molecular formula is C13H24BrN3S. The number of likely N-dealkylation sites (N-methyl/N-ethyl adjacent to an activating group) is 1. The summed E-state index contributed by atoms with van der Waals surface area (Å²) in [5.74, 6) is 0. The topological polar surface area (TPSA) is 32.5 Å². The van der Waals surface area contributed by atoms with Crippen LogP contribution in [0.5, 0.6) is 0 Å². The van der Waals surface area contributed by atoms with E-state index in [1.54, 1.807) is 11.3 Å². The third-order valence-corrected chi connectivity index (χ3v) is 4.83. The fourth-order valence-corrected chi connectivity index (χ4v) is 3.67. The molecule has 0 saturated carbocycles. The molecule has 0 saturated heterocycles. The summed E-state index contributed by atoms with van der Waals surface area (Å²) < 4.78 is 1.16. The molecule has 0 aromatic carbocycles. The minimum Gasteiger partial charge on any atom is -0.329 e. The Labute approximate surface area is 123 Å². The molecule has 0 spiro atoms. The Hall–Kier alpha value is 0.0600. The van der Waals surface area contributed by atoms with Crippen molar-refractivity contribution >= 4 is 27.3 Å². The average Bonchev–Trinajstić information content (AvgIpc) is 2.74. The average molecular weight is 334 g/mol. The Balaban J connectivity index is 2.60. The Morgan fingerprint density at radius 2 is 2.11 bits per heavy atom. The molecule has 1 unspecified atom stereocenters. The quantitative estimate of drug-likeness (QED) is 0.793. The fraction of sp³-hybridized carbons (Fsp3) is 0.692. The van der Waals surface area contributed by atoms with E-state index in [1.165, 1.54) is 11.3 Å². The van der Waals surface area contributed by atoms with Crippen LogP contribution in [0.1, 0.15) is 24.3 Å². The van der Waals surface area contributed by atoms with Crippen LogP contribution < -0.4 is 5.73 Å². The zero-order valence-electron chi connectivity index (χ0n) is 11.5. The van der Waals surface area contributed by atoms with Crippen molar-refractivity contribution in [1.82, 2.24) is 9.80 Å². The monoisotopic (exact) mass is 333 g/mol. The van der Waals surface area contributed by atoms with Crippen LogP contribution in [0.2, 0.25) is 0 Å². The molecule has 0 aliphatic heterocycles. The highest BCUT2D eigenvalue weighted by atomic mass is 79.9. The summed E-state index contributed by atoms with van der Waals surface area (Å²) in [5.41, 5.74) is 5.96. The molecule has 0 aliphatic rings.